The van der Waals surface area contributed by atoms with Gasteiger partial charge in [-0.3, -0.25) is 9.36 Å². The molecule has 0 aliphatic carbocycles. The van der Waals surface area contributed by atoms with Gasteiger partial charge in [-0.2, -0.15) is 0 Å². The van der Waals surface area contributed by atoms with Gasteiger partial charge in [0, 0.05) is 16.8 Å². The fourth-order valence-corrected chi connectivity index (χ4v) is 2.59. The fraction of sp³-hybridized carbons (Fsp3) is 0.0909. The van der Waals surface area contributed by atoms with Gasteiger partial charge in [0.05, 0.1) is 6.42 Å². The Hall–Kier alpha value is -1.46. The standard InChI is InChI=1S/C11H9NO2S2/c13-10(14)6-9-7-16-11(15)12(9)8-4-2-1-3-5-8/h1-5,7H,6H2,(H,13,14). The molecule has 0 saturated heterocycles. The molecule has 3 nitrogen and oxygen atoms in total. The first-order valence-electron chi connectivity index (χ1n) is 4.65. The molecule has 1 aromatic heterocycles. The van der Waals surface area contributed by atoms with E-state index < -0.39 is 5.97 Å². The summed E-state index contributed by atoms with van der Waals surface area (Å²) >= 11 is 6.58. The second-order valence-corrected chi connectivity index (χ2v) is 4.74. The van der Waals surface area contributed by atoms with Crippen molar-refractivity contribution in [1.82, 2.24) is 4.57 Å². The lowest BCUT2D eigenvalue weighted by Gasteiger charge is -2.06. The van der Waals surface area contributed by atoms with Gasteiger partial charge >= 0.3 is 5.97 Å². The maximum Gasteiger partial charge on any atom is 0.309 e. The highest BCUT2D eigenvalue weighted by atomic mass is 32.1. The van der Waals surface area contributed by atoms with E-state index in [1.165, 1.54) is 11.3 Å². The molecule has 1 aromatic carbocycles. The summed E-state index contributed by atoms with van der Waals surface area (Å²) in [4.78, 5) is 10.7. The Kier molecular flexibility index (Phi) is 3.17. The molecule has 0 atom stereocenters. The third kappa shape index (κ3) is 2.20. The van der Waals surface area contributed by atoms with Crippen LogP contribution in [0.4, 0.5) is 0 Å². The van der Waals surface area contributed by atoms with E-state index in [4.69, 9.17) is 17.3 Å². The van der Waals surface area contributed by atoms with Crippen molar-refractivity contribution >= 4 is 29.5 Å². The topological polar surface area (TPSA) is 42.2 Å². The van der Waals surface area contributed by atoms with Crippen molar-refractivity contribution in [2.24, 2.45) is 0 Å². The highest BCUT2D eigenvalue weighted by Gasteiger charge is 2.09. The first-order valence-corrected chi connectivity index (χ1v) is 5.94. The molecule has 1 heterocycles. The van der Waals surface area contributed by atoms with Gasteiger partial charge < -0.3 is 5.11 Å². The highest BCUT2D eigenvalue weighted by molar-refractivity contribution is 7.73. The predicted octanol–water partition coefficient (Wildman–Crippen LogP) is 2.90. The van der Waals surface area contributed by atoms with Crippen LogP contribution in [0.25, 0.3) is 5.69 Å². The largest absolute Gasteiger partial charge is 0.481 e. The highest BCUT2D eigenvalue weighted by Crippen LogP contribution is 2.18. The molecule has 0 unspecified atom stereocenters. The predicted molar refractivity (Wildman–Crippen MR) is 65.8 cm³/mol. The van der Waals surface area contributed by atoms with Crippen molar-refractivity contribution in [1.29, 1.82) is 0 Å². The van der Waals surface area contributed by atoms with Gasteiger partial charge in [-0.25, -0.2) is 0 Å². The zero-order valence-corrected chi connectivity index (χ0v) is 9.92. The van der Waals surface area contributed by atoms with Crippen LogP contribution in [-0.4, -0.2) is 15.6 Å². The molecule has 82 valence electrons. The molecular formula is C11H9NO2S2. The summed E-state index contributed by atoms with van der Waals surface area (Å²) in [6.07, 6.45) is -0.0119. The number of para-hydroxylation sites is 1. The lowest BCUT2D eigenvalue weighted by Crippen LogP contribution is -2.06. The van der Waals surface area contributed by atoms with Crippen molar-refractivity contribution in [3.8, 4) is 5.69 Å². The van der Waals surface area contributed by atoms with Crippen molar-refractivity contribution in [3.63, 3.8) is 0 Å². The van der Waals surface area contributed by atoms with E-state index in [9.17, 15) is 4.79 Å². The Labute approximate surface area is 102 Å². The number of hydrogen-bond acceptors (Lipinski definition) is 3. The summed E-state index contributed by atoms with van der Waals surface area (Å²) in [5, 5.41) is 10.6. The molecule has 0 spiro atoms. The van der Waals surface area contributed by atoms with E-state index in [2.05, 4.69) is 0 Å². The third-order valence-corrected chi connectivity index (χ3v) is 3.36. The smallest absolute Gasteiger partial charge is 0.309 e. The molecule has 0 bridgehead atoms. The minimum absolute atomic E-state index is 0.0119. The van der Waals surface area contributed by atoms with E-state index in [0.717, 1.165) is 5.69 Å². The summed E-state index contributed by atoms with van der Waals surface area (Å²) in [6.45, 7) is 0. The maximum absolute atomic E-state index is 10.7. The van der Waals surface area contributed by atoms with Gasteiger partial charge in [0.15, 0.2) is 3.95 Å². The number of thiazole rings is 1. The summed E-state index contributed by atoms with van der Waals surface area (Å²) in [5.74, 6) is -0.850. The van der Waals surface area contributed by atoms with Crippen LogP contribution in [0.3, 0.4) is 0 Å². The van der Waals surface area contributed by atoms with E-state index in [1.54, 1.807) is 9.95 Å². The molecule has 1 N–H and O–H groups in total. The normalized spacial score (nSPS) is 10.2. The van der Waals surface area contributed by atoms with Crippen LogP contribution in [0.5, 0.6) is 0 Å². The van der Waals surface area contributed by atoms with Crippen LogP contribution in [-0.2, 0) is 11.2 Å². The van der Waals surface area contributed by atoms with E-state index in [1.807, 2.05) is 30.3 Å². The number of benzene rings is 1. The zero-order chi connectivity index (χ0) is 11.5. The Morgan fingerprint density at radius 3 is 2.69 bits per heavy atom. The second kappa shape index (κ2) is 4.59. The molecule has 5 heteroatoms. The van der Waals surface area contributed by atoms with Gasteiger partial charge in [0.1, 0.15) is 0 Å². The van der Waals surface area contributed by atoms with Gasteiger partial charge in [-0.1, -0.05) is 18.2 Å². The molecule has 2 rings (SSSR count). The van der Waals surface area contributed by atoms with Crippen LogP contribution < -0.4 is 0 Å². The molecule has 0 aliphatic rings. The van der Waals surface area contributed by atoms with Gasteiger partial charge in [-0.15, -0.1) is 11.3 Å². The zero-order valence-electron chi connectivity index (χ0n) is 8.29. The van der Waals surface area contributed by atoms with E-state index in [-0.39, 0.29) is 6.42 Å². The van der Waals surface area contributed by atoms with Crippen molar-refractivity contribution in [2.45, 2.75) is 6.42 Å². The number of nitrogens with zero attached hydrogens (tertiary/aromatic N) is 1. The summed E-state index contributed by atoms with van der Waals surface area (Å²) in [7, 11) is 0. The number of hydrogen-bond donors (Lipinski definition) is 1. The molecule has 0 radical (unpaired) electrons. The number of carboxylic acids is 1. The Balaban J connectivity index is 2.52. The first kappa shape index (κ1) is 11.0. The lowest BCUT2D eigenvalue weighted by atomic mass is 10.3. The van der Waals surface area contributed by atoms with Crippen molar-refractivity contribution in [3.05, 3.63) is 45.4 Å². The Morgan fingerprint density at radius 1 is 1.38 bits per heavy atom. The Morgan fingerprint density at radius 2 is 2.06 bits per heavy atom. The monoisotopic (exact) mass is 251 g/mol. The van der Waals surface area contributed by atoms with Crippen LogP contribution in [0.1, 0.15) is 5.69 Å². The van der Waals surface area contributed by atoms with Crippen LogP contribution in [0.2, 0.25) is 0 Å². The van der Waals surface area contributed by atoms with E-state index >= 15 is 0 Å². The number of carboxylic acid groups (broad SMARTS) is 1. The number of carbonyl (C=O) groups is 1. The summed E-state index contributed by atoms with van der Waals surface area (Å²) < 4.78 is 2.47. The third-order valence-electron chi connectivity index (χ3n) is 2.11. The second-order valence-electron chi connectivity index (χ2n) is 3.23. The SMILES string of the molecule is O=C(O)Cc1csc(=S)n1-c1ccccc1. The van der Waals surface area contributed by atoms with Gasteiger partial charge in [0.25, 0.3) is 0 Å². The summed E-state index contributed by atoms with van der Waals surface area (Å²) in [6, 6.07) is 9.54. The Bertz CT molecular complexity index is 557. The molecule has 0 aliphatic heterocycles. The quantitative estimate of drug-likeness (QED) is 0.853. The average molecular weight is 251 g/mol. The van der Waals surface area contributed by atoms with Gasteiger partial charge in [0.2, 0.25) is 0 Å². The minimum atomic E-state index is -0.850. The average Bonchev–Trinajstić information content (AvgIpc) is 2.60. The molecule has 2 aromatic rings. The molecule has 0 fully saturated rings. The molecule has 0 amide bonds. The van der Waals surface area contributed by atoms with Gasteiger partial charge in [-0.05, 0) is 24.4 Å². The number of rotatable bonds is 3. The number of aromatic nitrogens is 1. The van der Waals surface area contributed by atoms with Crippen molar-refractivity contribution in [2.75, 3.05) is 0 Å². The summed E-state index contributed by atoms with van der Waals surface area (Å²) in [5.41, 5.74) is 1.62. The van der Waals surface area contributed by atoms with E-state index in [0.29, 0.717) is 9.65 Å². The first-order chi connectivity index (χ1) is 7.68. The van der Waals surface area contributed by atoms with Crippen LogP contribution >= 0.6 is 23.6 Å². The minimum Gasteiger partial charge on any atom is -0.481 e. The van der Waals surface area contributed by atoms with Crippen LogP contribution in [0.15, 0.2) is 35.7 Å². The number of aliphatic carboxylic acids is 1. The van der Waals surface area contributed by atoms with Crippen molar-refractivity contribution < 1.29 is 9.90 Å². The molecule has 16 heavy (non-hydrogen) atoms. The molecular weight excluding hydrogens is 242 g/mol. The fourth-order valence-electron chi connectivity index (χ4n) is 1.47. The lowest BCUT2D eigenvalue weighted by molar-refractivity contribution is -0.136. The molecule has 0 saturated carbocycles. The maximum atomic E-state index is 10.7. The van der Waals surface area contributed by atoms with Crippen LogP contribution in [0, 0.1) is 3.95 Å².